The normalized spacial score (nSPS) is 28.7. The van der Waals surface area contributed by atoms with Crippen molar-refractivity contribution in [2.24, 2.45) is 15.4 Å². The Bertz CT molecular complexity index is 260. The summed E-state index contributed by atoms with van der Waals surface area (Å²) < 4.78 is 0. The highest BCUT2D eigenvalue weighted by molar-refractivity contribution is 5.14. The number of nitrogens with zero attached hydrogens (tertiary/aromatic N) is 3. The molecule has 0 saturated heterocycles. The Morgan fingerprint density at radius 2 is 2.38 bits per heavy atom. The summed E-state index contributed by atoms with van der Waals surface area (Å²) in [5.74, 6) is 0. The van der Waals surface area contributed by atoms with Crippen molar-refractivity contribution in [3.05, 3.63) is 16.7 Å². The smallest absolute Gasteiger partial charge is 0.0993 e. The van der Waals surface area contributed by atoms with Crippen LogP contribution < -0.4 is 0 Å². The molecule has 1 rings (SSSR count). The third kappa shape index (κ3) is 2.72. The second-order valence-corrected chi connectivity index (χ2v) is 3.84. The molecule has 0 amide bonds. The van der Waals surface area contributed by atoms with E-state index >= 15 is 0 Å². The minimum Gasteiger partial charge on any atom is -0.178 e. The van der Waals surface area contributed by atoms with Gasteiger partial charge in [0.25, 0.3) is 0 Å². The molecule has 0 aromatic rings. The predicted molar refractivity (Wildman–Crippen MR) is 51.5 cm³/mol. The van der Waals surface area contributed by atoms with Crippen molar-refractivity contribution in [2.45, 2.75) is 45.2 Å². The van der Waals surface area contributed by atoms with Gasteiger partial charge in [-0.3, -0.25) is 0 Å². The first-order chi connectivity index (χ1) is 6.06. The summed E-state index contributed by atoms with van der Waals surface area (Å²) in [5.41, 5.74) is 0.748. The van der Waals surface area contributed by atoms with Crippen molar-refractivity contribution in [2.75, 3.05) is 0 Å². The van der Waals surface area contributed by atoms with E-state index in [4.69, 9.17) is 0 Å². The van der Waals surface area contributed by atoms with E-state index < -0.39 is 0 Å². The van der Waals surface area contributed by atoms with Crippen molar-refractivity contribution in [1.82, 2.24) is 0 Å². The van der Waals surface area contributed by atoms with Gasteiger partial charge in [0.2, 0.25) is 0 Å². The maximum Gasteiger partial charge on any atom is 0.0993 e. The summed E-state index contributed by atoms with van der Waals surface area (Å²) in [6.07, 6.45) is 3.63. The molecular weight excluding hydrogens is 166 g/mol. The van der Waals surface area contributed by atoms with E-state index in [0.717, 1.165) is 18.5 Å². The lowest BCUT2D eigenvalue weighted by Crippen LogP contribution is -2.18. The number of hydrogen-bond donors (Lipinski definition) is 0. The zero-order valence-corrected chi connectivity index (χ0v) is 8.32. The van der Waals surface area contributed by atoms with Crippen LogP contribution in [0.3, 0.4) is 0 Å². The minimum absolute atomic E-state index is 0.124. The van der Waals surface area contributed by atoms with Crippen molar-refractivity contribution in [3.63, 3.8) is 0 Å². The van der Waals surface area contributed by atoms with E-state index in [0.29, 0.717) is 0 Å². The molecule has 0 aliphatic carbocycles. The van der Waals surface area contributed by atoms with Gasteiger partial charge in [-0.25, -0.2) is 0 Å². The largest absolute Gasteiger partial charge is 0.178 e. The van der Waals surface area contributed by atoms with E-state index in [1.165, 1.54) is 0 Å². The second kappa shape index (κ2) is 3.77. The van der Waals surface area contributed by atoms with E-state index in [1.54, 1.807) is 0 Å². The number of hydrogen-bond acceptors (Lipinski definition) is 4. The Labute approximate surface area is 78.1 Å². The van der Waals surface area contributed by atoms with Crippen molar-refractivity contribution < 1.29 is 0 Å². The maximum absolute atomic E-state index is 10.2. The first kappa shape index (κ1) is 10.0. The zero-order valence-electron chi connectivity index (χ0n) is 8.32. The number of allylic oxidation sites excluding steroid dienone is 1. The summed E-state index contributed by atoms with van der Waals surface area (Å²) in [6.45, 7) is 5.76. The number of rotatable bonds is 4. The average Bonchev–Trinajstić information content (AvgIpc) is 2.43. The fraction of sp³-hybridized carbons (Fsp3) is 0.778. The van der Waals surface area contributed by atoms with Crippen LogP contribution in [0.15, 0.2) is 27.2 Å². The lowest BCUT2D eigenvalue weighted by Gasteiger charge is -2.16. The molecule has 0 aromatic heterocycles. The summed E-state index contributed by atoms with van der Waals surface area (Å²) in [6, 6.07) is -0.124. The Balaban J connectivity index is 2.46. The van der Waals surface area contributed by atoms with E-state index in [2.05, 4.69) is 15.4 Å². The molecule has 0 saturated carbocycles. The van der Waals surface area contributed by atoms with Gasteiger partial charge in [-0.05, 0) is 39.7 Å². The maximum atomic E-state index is 10.2. The van der Waals surface area contributed by atoms with Gasteiger partial charge in [-0.15, -0.1) is 0 Å². The van der Waals surface area contributed by atoms with Gasteiger partial charge >= 0.3 is 0 Å². The molecule has 4 heteroatoms. The molecule has 4 nitrogen and oxygen atoms in total. The van der Waals surface area contributed by atoms with Crippen molar-refractivity contribution in [3.8, 4) is 0 Å². The number of nitroso groups, excluding NO2 is 1. The minimum atomic E-state index is -0.205. The highest BCUT2D eigenvalue weighted by Crippen LogP contribution is 2.28. The summed E-state index contributed by atoms with van der Waals surface area (Å²) in [7, 11) is 0. The summed E-state index contributed by atoms with van der Waals surface area (Å²) in [4.78, 5) is 10.2. The molecular formula is C9H15N3O. The van der Waals surface area contributed by atoms with Crippen LogP contribution in [-0.4, -0.2) is 11.6 Å². The lowest BCUT2D eigenvalue weighted by molar-refractivity contribution is 0.478. The van der Waals surface area contributed by atoms with Gasteiger partial charge in [0, 0.05) is 0 Å². The SMILES string of the molecule is CC1=CC(C)(CCC(C)N=O)N=N1. The van der Waals surface area contributed by atoms with Gasteiger partial charge in [-0.2, -0.15) is 15.1 Å². The summed E-state index contributed by atoms with van der Waals surface area (Å²) in [5, 5.41) is 11.1. The Kier molecular flexibility index (Phi) is 2.90. The molecule has 1 aliphatic rings. The fourth-order valence-electron chi connectivity index (χ4n) is 1.38. The lowest BCUT2D eigenvalue weighted by atomic mass is 9.94. The monoisotopic (exact) mass is 181 g/mol. The molecule has 0 spiro atoms. The molecule has 2 atom stereocenters. The first-order valence-corrected chi connectivity index (χ1v) is 4.50. The molecule has 2 unspecified atom stereocenters. The molecule has 0 fully saturated rings. The third-order valence-electron chi connectivity index (χ3n) is 2.20. The van der Waals surface area contributed by atoms with Gasteiger partial charge in [-0.1, -0.05) is 5.18 Å². The molecule has 1 aliphatic heterocycles. The molecule has 0 bridgehead atoms. The van der Waals surface area contributed by atoms with Crippen LogP contribution in [0.2, 0.25) is 0 Å². The highest BCUT2D eigenvalue weighted by Gasteiger charge is 2.25. The predicted octanol–water partition coefficient (Wildman–Crippen LogP) is 3.05. The van der Waals surface area contributed by atoms with Crippen molar-refractivity contribution in [1.29, 1.82) is 0 Å². The molecule has 0 N–H and O–H groups in total. The number of azo groups is 1. The Hall–Kier alpha value is -1.06. The molecule has 13 heavy (non-hydrogen) atoms. The van der Waals surface area contributed by atoms with E-state index in [1.807, 2.05) is 26.8 Å². The van der Waals surface area contributed by atoms with E-state index in [9.17, 15) is 4.91 Å². The summed E-state index contributed by atoms with van der Waals surface area (Å²) >= 11 is 0. The molecule has 0 aromatic carbocycles. The highest BCUT2D eigenvalue weighted by atomic mass is 16.3. The van der Waals surface area contributed by atoms with Gasteiger partial charge in [0.05, 0.1) is 17.3 Å². The second-order valence-electron chi connectivity index (χ2n) is 3.84. The fourth-order valence-corrected chi connectivity index (χ4v) is 1.38. The van der Waals surface area contributed by atoms with E-state index in [-0.39, 0.29) is 11.6 Å². The van der Waals surface area contributed by atoms with Gasteiger partial charge < -0.3 is 0 Å². The topological polar surface area (TPSA) is 54.1 Å². The van der Waals surface area contributed by atoms with Gasteiger partial charge in [0.15, 0.2) is 0 Å². The van der Waals surface area contributed by atoms with Crippen LogP contribution in [0, 0.1) is 4.91 Å². The van der Waals surface area contributed by atoms with Crippen LogP contribution in [-0.2, 0) is 0 Å². The third-order valence-corrected chi connectivity index (χ3v) is 2.20. The standard InChI is InChI=1S/C9H15N3O/c1-7(11-13)4-5-9(3)6-8(2)10-12-9/h6-7H,4-5H2,1-3H3. The van der Waals surface area contributed by atoms with Crippen LogP contribution in [0.25, 0.3) is 0 Å². The van der Waals surface area contributed by atoms with Crippen LogP contribution in [0.5, 0.6) is 0 Å². The Morgan fingerprint density at radius 3 is 2.85 bits per heavy atom. The van der Waals surface area contributed by atoms with Crippen LogP contribution in [0.4, 0.5) is 0 Å². The quantitative estimate of drug-likeness (QED) is 0.615. The molecule has 72 valence electrons. The van der Waals surface area contributed by atoms with Gasteiger partial charge in [0.1, 0.15) is 0 Å². The van der Waals surface area contributed by atoms with Crippen LogP contribution >= 0.6 is 0 Å². The van der Waals surface area contributed by atoms with Crippen molar-refractivity contribution >= 4 is 0 Å². The molecule has 1 heterocycles. The Morgan fingerprint density at radius 1 is 1.69 bits per heavy atom. The zero-order chi connectivity index (χ0) is 9.90. The molecule has 0 radical (unpaired) electrons. The first-order valence-electron chi connectivity index (χ1n) is 4.50. The van der Waals surface area contributed by atoms with Crippen LogP contribution in [0.1, 0.15) is 33.6 Å². The average molecular weight is 181 g/mol.